The monoisotopic (exact) mass is 521 g/mol. The van der Waals surface area contributed by atoms with Crippen molar-refractivity contribution >= 4 is 23.9 Å². The standard InChI is InChI=1S/C28H43NO8/c1-7-8-9-10-24(30)35-14-13-28(29,27(33)34-6)18-21-11-12-22(36-25(31)15-19(2)3)23(17-21)37-26(32)16-20(4)5/h11-12,17,19-20H,7-10,13-16,18,29H2,1-6H3/t28-/m1/s1. The van der Waals surface area contributed by atoms with Gasteiger partial charge < -0.3 is 24.7 Å². The number of ether oxygens (including phenoxy) is 4. The van der Waals surface area contributed by atoms with Crippen molar-refractivity contribution < 1.29 is 38.1 Å². The Balaban J connectivity index is 3.09. The fourth-order valence-electron chi connectivity index (χ4n) is 3.59. The minimum Gasteiger partial charge on any atom is -0.468 e. The van der Waals surface area contributed by atoms with Crippen LogP contribution in [0, 0.1) is 11.8 Å². The van der Waals surface area contributed by atoms with Gasteiger partial charge in [-0.1, -0.05) is 53.5 Å². The fourth-order valence-corrected chi connectivity index (χ4v) is 3.59. The van der Waals surface area contributed by atoms with E-state index in [4.69, 9.17) is 24.7 Å². The number of esters is 4. The van der Waals surface area contributed by atoms with Crippen molar-refractivity contribution in [3.05, 3.63) is 23.8 Å². The van der Waals surface area contributed by atoms with Gasteiger partial charge in [0.1, 0.15) is 5.54 Å². The smallest absolute Gasteiger partial charge is 0.326 e. The van der Waals surface area contributed by atoms with Crippen LogP contribution in [0.15, 0.2) is 18.2 Å². The molecule has 0 aromatic heterocycles. The van der Waals surface area contributed by atoms with Gasteiger partial charge in [-0.25, -0.2) is 0 Å². The highest BCUT2D eigenvalue weighted by molar-refractivity contribution is 5.81. The zero-order chi connectivity index (χ0) is 28.0. The number of methoxy groups -OCH3 is 1. The summed E-state index contributed by atoms with van der Waals surface area (Å²) in [5.74, 6) is -1.60. The van der Waals surface area contributed by atoms with Gasteiger partial charge in [0.25, 0.3) is 0 Å². The largest absolute Gasteiger partial charge is 0.468 e. The average molecular weight is 522 g/mol. The average Bonchev–Trinajstić information content (AvgIpc) is 2.79. The summed E-state index contributed by atoms with van der Waals surface area (Å²) in [7, 11) is 1.23. The third kappa shape index (κ3) is 12.2. The lowest BCUT2D eigenvalue weighted by atomic mass is 9.88. The van der Waals surface area contributed by atoms with Crippen LogP contribution in [0.25, 0.3) is 0 Å². The number of nitrogens with two attached hydrogens (primary N) is 1. The second kappa shape index (κ2) is 16.0. The van der Waals surface area contributed by atoms with Gasteiger partial charge >= 0.3 is 23.9 Å². The summed E-state index contributed by atoms with van der Waals surface area (Å²) in [6, 6.07) is 4.67. The highest BCUT2D eigenvalue weighted by atomic mass is 16.6. The Bertz CT molecular complexity index is 911. The molecule has 37 heavy (non-hydrogen) atoms. The molecule has 0 spiro atoms. The molecule has 0 aliphatic rings. The van der Waals surface area contributed by atoms with Gasteiger partial charge in [0.2, 0.25) is 0 Å². The van der Waals surface area contributed by atoms with Crippen molar-refractivity contribution in [1.29, 1.82) is 0 Å². The summed E-state index contributed by atoms with van der Waals surface area (Å²) in [6.45, 7) is 9.56. The van der Waals surface area contributed by atoms with Gasteiger partial charge in [-0.3, -0.25) is 19.2 Å². The molecule has 1 aromatic carbocycles. The number of carbonyl (C=O) groups excluding carboxylic acids is 4. The molecular weight excluding hydrogens is 478 g/mol. The molecular formula is C28H43NO8. The van der Waals surface area contributed by atoms with Crippen molar-refractivity contribution in [3.63, 3.8) is 0 Å². The maximum Gasteiger partial charge on any atom is 0.326 e. The van der Waals surface area contributed by atoms with Crippen LogP contribution in [0.3, 0.4) is 0 Å². The van der Waals surface area contributed by atoms with E-state index in [1.54, 1.807) is 6.07 Å². The van der Waals surface area contributed by atoms with Crippen LogP contribution in [-0.4, -0.2) is 43.1 Å². The molecule has 0 fully saturated rings. The molecule has 0 bridgehead atoms. The molecule has 9 heteroatoms. The Kier molecular flexibility index (Phi) is 13.9. The van der Waals surface area contributed by atoms with Crippen LogP contribution in [-0.2, 0) is 35.1 Å². The number of rotatable bonds is 16. The molecule has 0 unspecified atom stereocenters. The van der Waals surface area contributed by atoms with Crippen molar-refractivity contribution in [2.75, 3.05) is 13.7 Å². The van der Waals surface area contributed by atoms with E-state index in [1.165, 1.54) is 19.2 Å². The highest BCUT2D eigenvalue weighted by Gasteiger charge is 2.36. The Labute approximate surface area is 220 Å². The SMILES string of the molecule is CCCCCC(=O)OCC[C@@](N)(Cc1ccc(OC(=O)CC(C)C)c(OC(=O)CC(C)C)c1)C(=O)OC. The van der Waals surface area contributed by atoms with E-state index >= 15 is 0 Å². The van der Waals surface area contributed by atoms with Gasteiger partial charge in [0, 0.05) is 32.1 Å². The number of benzene rings is 1. The third-order valence-corrected chi connectivity index (χ3v) is 5.51. The molecule has 1 rings (SSSR count). The first-order valence-corrected chi connectivity index (χ1v) is 13.0. The summed E-state index contributed by atoms with van der Waals surface area (Å²) in [4.78, 5) is 49.2. The highest BCUT2D eigenvalue weighted by Crippen LogP contribution is 2.31. The zero-order valence-corrected chi connectivity index (χ0v) is 23.1. The van der Waals surface area contributed by atoms with Gasteiger partial charge in [0.05, 0.1) is 13.7 Å². The van der Waals surface area contributed by atoms with Gasteiger partial charge in [-0.15, -0.1) is 0 Å². The minimum absolute atomic E-state index is 0.0159. The first kappa shape index (κ1) is 32.1. The van der Waals surface area contributed by atoms with E-state index in [0.29, 0.717) is 12.0 Å². The molecule has 1 atom stereocenters. The van der Waals surface area contributed by atoms with Crippen molar-refractivity contribution in [2.24, 2.45) is 17.6 Å². The van der Waals surface area contributed by atoms with Crippen molar-refractivity contribution in [1.82, 2.24) is 0 Å². The van der Waals surface area contributed by atoms with E-state index in [9.17, 15) is 19.2 Å². The summed E-state index contributed by atoms with van der Waals surface area (Å²) in [5, 5.41) is 0. The molecule has 0 aliphatic carbocycles. The molecule has 0 saturated carbocycles. The second-order valence-corrected chi connectivity index (χ2v) is 10.2. The summed E-state index contributed by atoms with van der Waals surface area (Å²) < 4.78 is 21.2. The second-order valence-electron chi connectivity index (χ2n) is 10.2. The Morgan fingerprint density at radius 1 is 0.892 bits per heavy atom. The van der Waals surface area contributed by atoms with Crippen LogP contribution in [0.5, 0.6) is 11.5 Å². The zero-order valence-electron chi connectivity index (χ0n) is 23.1. The van der Waals surface area contributed by atoms with Crippen molar-refractivity contribution in [2.45, 2.75) is 91.5 Å². The van der Waals surface area contributed by atoms with Crippen LogP contribution >= 0.6 is 0 Å². The summed E-state index contributed by atoms with van der Waals surface area (Å²) in [5.41, 5.74) is 5.49. The van der Waals surface area contributed by atoms with Crippen LogP contribution < -0.4 is 15.2 Å². The van der Waals surface area contributed by atoms with Gasteiger partial charge in [-0.2, -0.15) is 0 Å². The number of unbranched alkanes of at least 4 members (excludes halogenated alkanes) is 2. The lowest BCUT2D eigenvalue weighted by Gasteiger charge is -2.27. The Morgan fingerprint density at radius 2 is 1.49 bits per heavy atom. The molecule has 0 amide bonds. The molecule has 0 heterocycles. The Morgan fingerprint density at radius 3 is 2.03 bits per heavy atom. The van der Waals surface area contributed by atoms with E-state index in [2.05, 4.69) is 0 Å². The molecule has 2 N–H and O–H groups in total. The molecule has 9 nitrogen and oxygen atoms in total. The number of hydrogen-bond acceptors (Lipinski definition) is 9. The first-order valence-electron chi connectivity index (χ1n) is 13.0. The topological polar surface area (TPSA) is 131 Å². The normalized spacial score (nSPS) is 12.7. The summed E-state index contributed by atoms with van der Waals surface area (Å²) >= 11 is 0. The summed E-state index contributed by atoms with van der Waals surface area (Å²) in [6.07, 6.45) is 3.41. The Hall–Kier alpha value is -2.94. The molecule has 0 radical (unpaired) electrons. The molecule has 0 saturated heterocycles. The third-order valence-electron chi connectivity index (χ3n) is 5.51. The predicted molar refractivity (Wildman–Crippen MR) is 139 cm³/mol. The van der Waals surface area contributed by atoms with E-state index in [0.717, 1.165) is 19.3 Å². The van der Waals surface area contributed by atoms with Gasteiger partial charge in [-0.05, 0) is 36.0 Å². The van der Waals surface area contributed by atoms with Crippen LogP contribution in [0.4, 0.5) is 0 Å². The van der Waals surface area contributed by atoms with E-state index in [-0.39, 0.29) is 61.6 Å². The molecule has 0 aliphatic heterocycles. The minimum atomic E-state index is -1.49. The van der Waals surface area contributed by atoms with E-state index < -0.39 is 23.4 Å². The lowest BCUT2D eigenvalue weighted by molar-refractivity contribution is -0.151. The van der Waals surface area contributed by atoms with Crippen LogP contribution in [0.1, 0.15) is 85.1 Å². The van der Waals surface area contributed by atoms with E-state index in [1.807, 2.05) is 34.6 Å². The van der Waals surface area contributed by atoms with Crippen LogP contribution in [0.2, 0.25) is 0 Å². The lowest BCUT2D eigenvalue weighted by Crippen LogP contribution is -2.51. The van der Waals surface area contributed by atoms with Gasteiger partial charge in [0.15, 0.2) is 11.5 Å². The maximum absolute atomic E-state index is 12.6. The quantitative estimate of drug-likeness (QED) is 0.189. The first-order chi connectivity index (χ1) is 17.4. The maximum atomic E-state index is 12.6. The number of carbonyl (C=O) groups is 4. The van der Waals surface area contributed by atoms with Crippen molar-refractivity contribution in [3.8, 4) is 11.5 Å². The predicted octanol–water partition coefficient (Wildman–Crippen LogP) is 4.52. The fraction of sp³-hybridized carbons (Fsp3) is 0.643. The number of hydrogen-bond donors (Lipinski definition) is 1. The molecule has 1 aromatic rings. The molecule has 208 valence electrons.